The fourth-order valence-corrected chi connectivity index (χ4v) is 8.43. The van der Waals surface area contributed by atoms with Crippen molar-refractivity contribution in [2.75, 3.05) is 0 Å². The molecule has 52 heavy (non-hydrogen) atoms. The highest BCUT2D eigenvalue weighted by Crippen LogP contribution is 2.58. The van der Waals surface area contributed by atoms with Gasteiger partial charge in [0.15, 0.2) is 5.82 Å². The van der Waals surface area contributed by atoms with Gasteiger partial charge < -0.3 is 4.74 Å². The van der Waals surface area contributed by atoms with Gasteiger partial charge in [-0.25, -0.2) is 9.97 Å². The number of allylic oxidation sites excluding steroid dienone is 2. The van der Waals surface area contributed by atoms with Gasteiger partial charge in [0.1, 0.15) is 17.7 Å². The van der Waals surface area contributed by atoms with Crippen LogP contribution >= 0.6 is 0 Å². The van der Waals surface area contributed by atoms with Crippen LogP contribution in [-0.4, -0.2) is 20.6 Å². The molecular weight excluding hydrogens is 635 g/mol. The molecule has 2 aliphatic carbocycles. The van der Waals surface area contributed by atoms with E-state index in [1.54, 1.807) is 0 Å². The Hall–Kier alpha value is -6.52. The molecule has 6 aromatic carbocycles. The molecule has 2 aromatic heterocycles. The molecule has 11 rings (SSSR count). The van der Waals surface area contributed by atoms with Gasteiger partial charge in [-0.05, 0) is 63.7 Å². The van der Waals surface area contributed by atoms with Crippen molar-refractivity contribution in [3.05, 3.63) is 181 Å². The number of nitrogens with zero attached hydrogens (tertiary/aromatic N) is 3. The third kappa shape index (κ3) is 4.54. The monoisotopic (exact) mass is 669 g/mol. The summed E-state index contributed by atoms with van der Waals surface area (Å²) in [5.41, 5.74) is 14.0. The SMILES string of the molecule is C1=CC2Oc3cccc4c3C2C(=C1c1cccc(-c2cc(-n3c5ccccc5c5ccccc53)nc(-c3ccccc3)n2)c1)c1ccccc1-4.CC. The van der Waals surface area contributed by atoms with E-state index >= 15 is 0 Å². The van der Waals surface area contributed by atoms with Gasteiger partial charge in [-0.15, -0.1) is 0 Å². The van der Waals surface area contributed by atoms with Crippen molar-refractivity contribution in [3.63, 3.8) is 0 Å². The van der Waals surface area contributed by atoms with Crippen LogP contribution in [0.4, 0.5) is 0 Å². The Morgan fingerprint density at radius 2 is 1.19 bits per heavy atom. The first-order valence-electron chi connectivity index (χ1n) is 18.2. The summed E-state index contributed by atoms with van der Waals surface area (Å²) in [4.78, 5) is 10.4. The second kappa shape index (κ2) is 12.1. The van der Waals surface area contributed by atoms with Crippen LogP contribution in [0, 0.1) is 0 Å². The largest absolute Gasteiger partial charge is 0.485 e. The number of benzene rings is 6. The molecule has 0 N–H and O–H groups in total. The number of fused-ring (bicyclic) bond motifs is 6. The van der Waals surface area contributed by atoms with E-state index in [9.17, 15) is 0 Å². The predicted octanol–water partition coefficient (Wildman–Crippen LogP) is 11.9. The average molecular weight is 670 g/mol. The maximum Gasteiger partial charge on any atom is 0.162 e. The molecule has 4 nitrogen and oxygen atoms in total. The van der Waals surface area contributed by atoms with Gasteiger partial charge in [-0.2, -0.15) is 0 Å². The third-order valence-corrected chi connectivity index (χ3v) is 10.6. The second-order valence-corrected chi connectivity index (χ2v) is 13.3. The Bertz CT molecular complexity index is 2700. The third-order valence-electron chi connectivity index (χ3n) is 10.6. The van der Waals surface area contributed by atoms with E-state index in [1.807, 2.05) is 32.0 Å². The van der Waals surface area contributed by atoms with Crippen molar-refractivity contribution >= 4 is 33.0 Å². The summed E-state index contributed by atoms with van der Waals surface area (Å²) in [7, 11) is 0. The molecule has 8 aromatic rings. The Kier molecular flexibility index (Phi) is 7.03. The molecule has 0 saturated heterocycles. The van der Waals surface area contributed by atoms with Crippen LogP contribution in [0.1, 0.15) is 36.5 Å². The number of hydrogen-bond acceptors (Lipinski definition) is 3. The molecule has 0 radical (unpaired) electrons. The Morgan fingerprint density at radius 1 is 0.558 bits per heavy atom. The first-order chi connectivity index (χ1) is 25.8. The lowest BCUT2D eigenvalue weighted by molar-refractivity contribution is 0.272. The quantitative estimate of drug-likeness (QED) is 0.187. The number of rotatable bonds is 4. The van der Waals surface area contributed by atoms with Crippen molar-refractivity contribution in [2.45, 2.75) is 25.9 Å². The van der Waals surface area contributed by atoms with Crippen molar-refractivity contribution in [2.24, 2.45) is 0 Å². The minimum atomic E-state index is -0.00879. The number of para-hydroxylation sites is 2. The van der Waals surface area contributed by atoms with E-state index in [0.717, 1.165) is 45.0 Å². The van der Waals surface area contributed by atoms with Crippen molar-refractivity contribution in [1.29, 1.82) is 0 Å². The summed E-state index contributed by atoms with van der Waals surface area (Å²) in [6, 6.07) is 53.7. The average Bonchev–Trinajstić information content (AvgIpc) is 3.78. The van der Waals surface area contributed by atoms with Crippen LogP contribution < -0.4 is 4.74 Å². The Balaban J connectivity index is 0.00000166. The molecule has 0 saturated carbocycles. The Morgan fingerprint density at radius 3 is 1.98 bits per heavy atom. The van der Waals surface area contributed by atoms with Gasteiger partial charge >= 0.3 is 0 Å². The van der Waals surface area contributed by atoms with Crippen LogP contribution in [-0.2, 0) is 0 Å². The van der Waals surface area contributed by atoms with E-state index in [0.29, 0.717) is 5.82 Å². The molecule has 3 heterocycles. The van der Waals surface area contributed by atoms with E-state index < -0.39 is 0 Å². The highest BCUT2D eigenvalue weighted by atomic mass is 16.5. The minimum absolute atomic E-state index is 0.00879. The zero-order valence-electron chi connectivity index (χ0n) is 29.0. The molecule has 248 valence electrons. The molecule has 0 bridgehead atoms. The number of aromatic nitrogens is 3. The highest BCUT2D eigenvalue weighted by Gasteiger charge is 2.44. The highest BCUT2D eigenvalue weighted by molar-refractivity contribution is 6.09. The number of ether oxygens (including phenoxy) is 1. The fraction of sp³-hybridized carbons (Fsp3) is 0.0833. The van der Waals surface area contributed by atoms with Gasteiger partial charge in [0.25, 0.3) is 0 Å². The maximum absolute atomic E-state index is 6.54. The van der Waals surface area contributed by atoms with Gasteiger partial charge in [0.2, 0.25) is 0 Å². The van der Waals surface area contributed by atoms with Crippen molar-refractivity contribution in [1.82, 2.24) is 14.5 Å². The summed E-state index contributed by atoms with van der Waals surface area (Å²) in [6.45, 7) is 4.00. The lowest BCUT2D eigenvalue weighted by Gasteiger charge is -2.32. The topological polar surface area (TPSA) is 39.9 Å². The molecule has 4 heteroatoms. The summed E-state index contributed by atoms with van der Waals surface area (Å²) in [6.07, 6.45) is 4.50. The van der Waals surface area contributed by atoms with E-state index in [-0.39, 0.29) is 12.0 Å². The first-order valence-corrected chi connectivity index (χ1v) is 18.2. The smallest absolute Gasteiger partial charge is 0.162 e. The van der Waals surface area contributed by atoms with E-state index in [4.69, 9.17) is 14.7 Å². The van der Waals surface area contributed by atoms with Gasteiger partial charge in [-0.1, -0.05) is 141 Å². The molecule has 2 atom stereocenters. The zero-order chi connectivity index (χ0) is 34.8. The maximum atomic E-state index is 6.54. The van der Waals surface area contributed by atoms with Gasteiger partial charge in [-0.3, -0.25) is 4.57 Å². The fourth-order valence-electron chi connectivity index (χ4n) is 8.43. The standard InChI is InChI=1S/C46H29N3O.C2H6/c1-2-12-28(13-3-1)46-47-37(27-42(48-46)49-38-21-8-6-17-33(38)34-18-7-9-22-39(34)49)30-15-10-14-29(26-30)31-24-25-41-45-43(31)35-19-5-4-16-32(35)36-20-11-23-40(50-41)44(36)45;1-2/h1-27,41,45H;1-2H3. The first kappa shape index (κ1) is 30.3. The van der Waals surface area contributed by atoms with Crippen molar-refractivity contribution < 1.29 is 4.74 Å². The Labute approximate surface area is 303 Å². The van der Waals surface area contributed by atoms with Crippen LogP contribution in [0.2, 0.25) is 0 Å². The van der Waals surface area contributed by atoms with Crippen LogP contribution in [0.25, 0.3) is 72.5 Å². The summed E-state index contributed by atoms with van der Waals surface area (Å²) >= 11 is 0. The zero-order valence-corrected chi connectivity index (χ0v) is 29.0. The molecular formula is C48H35N3O. The van der Waals surface area contributed by atoms with E-state index in [2.05, 4.69) is 150 Å². The van der Waals surface area contributed by atoms with Crippen LogP contribution in [0.15, 0.2) is 164 Å². The lowest BCUT2D eigenvalue weighted by atomic mass is 9.69. The molecule has 3 aliphatic rings. The van der Waals surface area contributed by atoms with Crippen molar-refractivity contribution in [3.8, 4) is 45.3 Å². The minimum Gasteiger partial charge on any atom is -0.485 e. The second-order valence-electron chi connectivity index (χ2n) is 13.3. The molecule has 1 aliphatic heterocycles. The summed E-state index contributed by atoms with van der Waals surface area (Å²) in [5.74, 6) is 2.69. The van der Waals surface area contributed by atoms with Gasteiger partial charge in [0.05, 0.1) is 22.6 Å². The van der Waals surface area contributed by atoms with Crippen LogP contribution in [0.5, 0.6) is 5.75 Å². The normalized spacial score (nSPS) is 16.3. The lowest BCUT2D eigenvalue weighted by Crippen LogP contribution is -2.23. The summed E-state index contributed by atoms with van der Waals surface area (Å²) in [5, 5.41) is 2.41. The molecule has 0 fully saturated rings. The molecule has 0 spiro atoms. The number of hydrogen-bond donors (Lipinski definition) is 0. The predicted molar refractivity (Wildman–Crippen MR) is 214 cm³/mol. The summed E-state index contributed by atoms with van der Waals surface area (Å²) < 4.78 is 8.81. The van der Waals surface area contributed by atoms with Crippen LogP contribution in [0.3, 0.4) is 0 Å². The molecule has 2 unspecified atom stereocenters. The van der Waals surface area contributed by atoms with E-state index in [1.165, 1.54) is 44.2 Å². The molecule has 0 amide bonds. The van der Waals surface area contributed by atoms with Gasteiger partial charge in [0, 0.05) is 33.5 Å².